The first kappa shape index (κ1) is 12.5. The Morgan fingerprint density at radius 1 is 1.22 bits per heavy atom. The molecule has 0 fully saturated rings. The first-order valence-corrected chi connectivity index (χ1v) is 5.69. The molecule has 0 aliphatic carbocycles. The summed E-state index contributed by atoms with van der Waals surface area (Å²) in [7, 11) is 0. The molecule has 2 rings (SSSR count). The van der Waals surface area contributed by atoms with Crippen LogP contribution in [0.2, 0.25) is 5.15 Å². The fourth-order valence-corrected chi connectivity index (χ4v) is 1.61. The van der Waals surface area contributed by atoms with Crippen LogP contribution in [0.4, 0.5) is 4.39 Å². The number of nitrogens with zero attached hydrogens (tertiary/aromatic N) is 1. The normalized spacial score (nSPS) is 10.1. The van der Waals surface area contributed by atoms with Gasteiger partial charge in [-0.05, 0) is 18.2 Å². The molecule has 0 saturated heterocycles. The summed E-state index contributed by atoms with van der Waals surface area (Å²) in [6.45, 7) is 0.111. The molecule has 1 N–H and O–H groups in total. The topological polar surface area (TPSA) is 42.0 Å². The van der Waals surface area contributed by atoms with Crippen molar-refractivity contribution in [1.29, 1.82) is 0 Å². The molecule has 0 aliphatic heterocycles. The molecule has 1 aromatic carbocycles. The fourth-order valence-electron chi connectivity index (χ4n) is 1.44. The number of carbonyl (C=O) groups is 1. The van der Waals surface area contributed by atoms with Crippen molar-refractivity contribution in [2.24, 2.45) is 0 Å². The molecule has 1 heterocycles. The van der Waals surface area contributed by atoms with Crippen molar-refractivity contribution in [1.82, 2.24) is 10.3 Å². The minimum absolute atomic E-state index is 0.111. The highest BCUT2D eigenvalue weighted by Crippen LogP contribution is 2.07. The zero-order valence-electron chi connectivity index (χ0n) is 9.36. The Kier molecular flexibility index (Phi) is 3.89. The third-order valence-electron chi connectivity index (χ3n) is 2.34. The summed E-state index contributed by atoms with van der Waals surface area (Å²) in [5, 5.41) is 2.83. The van der Waals surface area contributed by atoms with Crippen molar-refractivity contribution in [3.05, 3.63) is 64.7 Å². The van der Waals surface area contributed by atoms with Crippen LogP contribution in [-0.4, -0.2) is 10.9 Å². The van der Waals surface area contributed by atoms with Crippen LogP contribution in [0.3, 0.4) is 0 Å². The molecule has 0 saturated carbocycles. The maximum atomic E-state index is 13.3. The summed E-state index contributed by atoms with van der Waals surface area (Å²) in [5.41, 5.74) is 0.631. The predicted octanol–water partition coefficient (Wildman–Crippen LogP) is 2.80. The van der Waals surface area contributed by atoms with E-state index in [9.17, 15) is 9.18 Å². The second-order valence-electron chi connectivity index (χ2n) is 3.62. The molecule has 3 nitrogen and oxygen atoms in total. The van der Waals surface area contributed by atoms with Gasteiger partial charge in [-0.2, -0.15) is 0 Å². The third kappa shape index (κ3) is 3.05. The first-order chi connectivity index (χ1) is 8.66. The van der Waals surface area contributed by atoms with Gasteiger partial charge in [-0.15, -0.1) is 0 Å². The lowest BCUT2D eigenvalue weighted by atomic mass is 10.2. The molecule has 0 radical (unpaired) electrons. The molecule has 0 bridgehead atoms. The van der Waals surface area contributed by atoms with Gasteiger partial charge in [0.05, 0.1) is 0 Å². The van der Waals surface area contributed by atoms with E-state index in [-0.39, 0.29) is 29.1 Å². The number of nitrogens with one attached hydrogen (secondary N) is 1. The van der Waals surface area contributed by atoms with E-state index in [1.807, 2.05) is 0 Å². The van der Waals surface area contributed by atoms with Crippen molar-refractivity contribution >= 4 is 17.5 Å². The number of halogens is 2. The minimum atomic E-state index is -0.388. The zero-order valence-corrected chi connectivity index (χ0v) is 10.1. The molecular formula is C13H10ClFN2O. The highest BCUT2D eigenvalue weighted by molar-refractivity contribution is 6.29. The molecule has 92 valence electrons. The van der Waals surface area contributed by atoms with Gasteiger partial charge >= 0.3 is 0 Å². The van der Waals surface area contributed by atoms with Crippen LogP contribution < -0.4 is 5.32 Å². The van der Waals surface area contributed by atoms with E-state index in [1.165, 1.54) is 6.07 Å². The van der Waals surface area contributed by atoms with Crippen LogP contribution in [0.1, 0.15) is 16.1 Å². The van der Waals surface area contributed by atoms with E-state index >= 15 is 0 Å². The van der Waals surface area contributed by atoms with E-state index < -0.39 is 0 Å². The smallest absolute Gasteiger partial charge is 0.270 e. The Balaban J connectivity index is 2.03. The lowest BCUT2D eigenvalue weighted by Crippen LogP contribution is -2.24. The standard InChI is InChI=1S/C13H10ClFN2O/c14-12-7-3-6-11(17-12)13(18)16-8-9-4-1-2-5-10(9)15/h1-7H,8H2,(H,16,18). The van der Waals surface area contributed by atoms with Crippen LogP contribution in [0.5, 0.6) is 0 Å². The van der Waals surface area contributed by atoms with Gasteiger partial charge in [0.25, 0.3) is 5.91 Å². The number of hydrogen-bond donors (Lipinski definition) is 1. The first-order valence-electron chi connectivity index (χ1n) is 5.31. The maximum absolute atomic E-state index is 13.3. The summed E-state index contributed by atoms with van der Waals surface area (Å²) in [6.07, 6.45) is 0. The third-order valence-corrected chi connectivity index (χ3v) is 2.56. The Morgan fingerprint density at radius 3 is 2.72 bits per heavy atom. The zero-order chi connectivity index (χ0) is 13.0. The largest absolute Gasteiger partial charge is 0.347 e. The lowest BCUT2D eigenvalue weighted by Gasteiger charge is -2.05. The molecule has 1 amide bonds. The highest BCUT2D eigenvalue weighted by atomic mass is 35.5. The number of benzene rings is 1. The van der Waals surface area contributed by atoms with Gasteiger partial charge in [0.2, 0.25) is 0 Å². The number of rotatable bonds is 3. The molecular weight excluding hydrogens is 255 g/mol. The molecule has 0 unspecified atom stereocenters. The fraction of sp³-hybridized carbons (Fsp3) is 0.0769. The van der Waals surface area contributed by atoms with E-state index in [4.69, 9.17) is 11.6 Å². The molecule has 0 atom stereocenters. The maximum Gasteiger partial charge on any atom is 0.270 e. The van der Waals surface area contributed by atoms with E-state index in [2.05, 4.69) is 10.3 Å². The van der Waals surface area contributed by atoms with Crippen molar-refractivity contribution in [2.75, 3.05) is 0 Å². The molecule has 0 aliphatic rings. The average Bonchev–Trinajstić information content (AvgIpc) is 2.37. The molecule has 1 aromatic heterocycles. The minimum Gasteiger partial charge on any atom is -0.347 e. The summed E-state index contributed by atoms with van der Waals surface area (Å²) >= 11 is 5.68. The van der Waals surface area contributed by atoms with Gasteiger partial charge in [0.1, 0.15) is 16.7 Å². The average molecular weight is 265 g/mol. The predicted molar refractivity (Wildman–Crippen MR) is 66.8 cm³/mol. The Morgan fingerprint density at radius 2 is 2.00 bits per heavy atom. The summed E-state index contributed by atoms with van der Waals surface area (Å²) in [6, 6.07) is 11.0. The quantitative estimate of drug-likeness (QED) is 0.866. The monoisotopic (exact) mass is 264 g/mol. The molecule has 5 heteroatoms. The van der Waals surface area contributed by atoms with Crippen LogP contribution in [0, 0.1) is 5.82 Å². The van der Waals surface area contributed by atoms with Crippen LogP contribution >= 0.6 is 11.6 Å². The SMILES string of the molecule is O=C(NCc1ccccc1F)c1cccc(Cl)n1. The summed E-state index contributed by atoms with van der Waals surface area (Å²) in [4.78, 5) is 15.6. The van der Waals surface area contributed by atoms with Gasteiger partial charge in [-0.25, -0.2) is 9.37 Å². The Hall–Kier alpha value is -1.94. The van der Waals surface area contributed by atoms with Gasteiger partial charge in [0, 0.05) is 12.1 Å². The van der Waals surface area contributed by atoms with E-state index in [1.54, 1.807) is 36.4 Å². The number of pyridine rings is 1. The summed E-state index contributed by atoms with van der Waals surface area (Å²) < 4.78 is 13.3. The van der Waals surface area contributed by atoms with Crippen LogP contribution in [0.15, 0.2) is 42.5 Å². The van der Waals surface area contributed by atoms with Gasteiger partial charge in [-0.3, -0.25) is 4.79 Å². The van der Waals surface area contributed by atoms with E-state index in [0.717, 1.165) is 0 Å². The number of aromatic nitrogens is 1. The second-order valence-corrected chi connectivity index (χ2v) is 4.01. The van der Waals surface area contributed by atoms with Crippen molar-refractivity contribution in [3.8, 4) is 0 Å². The Labute approximate surface area is 109 Å². The van der Waals surface area contributed by atoms with Crippen molar-refractivity contribution in [3.63, 3.8) is 0 Å². The van der Waals surface area contributed by atoms with Gasteiger partial charge in [-0.1, -0.05) is 35.9 Å². The van der Waals surface area contributed by atoms with Crippen molar-refractivity contribution < 1.29 is 9.18 Å². The number of carbonyl (C=O) groups excluding carboxylic acids is 1. The molecule has 0 spiro atoms. The number of amides is 1. The lowest BCUT2D eigenvalue weighted by molar-refractivity contribution is 0.0945. The number of hydrogen-bond acceptors (Lipinski definition) is 2. The van der Waals surface area contributed by atoms with Crippen LogP contribution in [-0.2, 0) is 6.54 Å². The van der Waals surface area contributed by atoms with Crippen LogP contribution in [0.25, 0.3) is 0 Å². The van der Waals surface area contributed by atoms with Crippen molar-refractivity contribution in [2.45, 2.75) is 6.54 Å². The van der Waals surface area contributed by atoms with Gasteiger partial charge in [0.15, 0.2) is 0 Å². The highest BCUT2D eigenvalue weighted by Gasteiger charge is 2.08. The van der Waals surface area contributed by atoms with Gasteiger partial charge < -0.3 is 5.32 Å². The molecule has 2 aromatic rings. The molecule has 18 heavy (non-hydrogen) atoms. The summed E-state index contributed by atoms with van der Waals surface area (Å²) in [5.74, 6) is -0.738. The van der Waals surface area contributed by atoms with E-state index in [0.29, 0.717) is 5.56 Å². The second kappa shape index (κ2) is 5.60. The Bertz CT molecular complexity index is 574.